The first-order chi connectivity index (χ1) is 8.63. The molecule has 0 saturated heterocycles. The van der Waals surface area contributed by atoms with Gasteiger partial charge in [-0.05, 0) is 24.1 Å². The fourth-order valence-electron chi connectivity index (χ4n) is 1.86. The number of rotatable bonds is 7. The third-order valence-corrected chi connectivity index (χ3v) is 2.99. The van der Waals surface area contributed by atoms with Crippen molar-refractivity contribution in [1.29, 1.82) is 0 Å². The number of nitrogens with one attached hydrogen (secondary N) is 2. The lowest BCUT2D eigenvalue weighted by Crippen LogP contribution is -2.32. The average Bonchev–Trinajstić information content (AvgIpc) is 2.34. The fraction of sp³-hybridized carbons (Fsp3) is 0.500. The third-order valence-electron chi connectivity index (χ3n) is 2.74. The largest absolute Gasteiger partial charge is 0.355 e. The first-order valence-electron chi connectivity index (χ1n) is 6.36. The molecule has 1 unspecified atom stereocenters. The Balaban J connectivity index is 2.48. The summed E-state index contributed by atoms with van der Waals surface area (Å²) in [5.41, 5.74) is 1.24. The number of halogens is 1. The van der Waals surface area contributed by atoms with Crippen LogP contribution in [0.3, 0.4) is 0 Å². The van der Waals surface area contributed by atoms with Gasteiger partial charge in [-0.25, -0.2) is 0 Å². The molecule has 18 heavy (non-hydrogen) atoms. The Labute approximate surface area is 114 Å². The van der Waals surface area contributed by atoms with Gasteiger partial charge >= 0.3 is 0 Å². The first-order valence-corrected chi connectivity index (χ1v) is 6.74. The minimum atomic E-state index is 0.00957. The van der Waals surface area contributed by atoms with E-state index >= 15 is 0 Å². The van der Waals surface area contributed by atoms with Crippen LogP contribution in [0, 0.1) is 0 Å². The molecule has 0 aromatic heterocycles. The Kier molecular flexibility index (Phi) is 6.76. The Morgan fingerprint density at radius 2 is 1.94 bits per heavy atom. The second-order valence-corrected chi connectivity index (χ2v) is 4.77. The SMILES string of the molecule is CCCC(NCCNC(C)=O)c1ccc(Cl)cc1. The summed E-state index contributed by atoms with van der Waals surface area (Å²) in [7, 11) is 0. The lowest BCUT2D eigenvalue weighted by molar-refractivity contribution is -0.118. The standard InChI is InChI=1S/C14H21ClN2O/c1-3-4-14(17-10-9-16-11(2)18)12-5-7-13(15)8-6-12/h5-8,14,17H,3-4,9-10H2,1-2H3,(H,16,18). The smallest absolute Gasteiger partial charge is 0.216 e. The zero-order valence-electron chi connectivity index (χ0n) is 11.0. The number of amides is 1. The van der Waals surface area contributed by atoms with Crippen molar-refractivity contribution in [3.8, 4) is 0 Å². The highest BCUT2D eigenvalue weighted by molar-refractivity contribution is 6.30. The zero-order chi connectivity index (χ0) is 13.4. The normalized spacial score (nSPS) is 12.2. The molecule has 0 heterocycles. The van der Waals surface area contributed by atoms with Gasteiger partial charge in [0.15, 0.2) is 0 Å². The van der Waals surface area contributed by atoms with Gasteiger partial charge in [-0.1, -0.05) is 37.1 Å². The molecule has 0 bridgehead atoms. The lowest BCUT2D eigenvalue weighted by atomic mass is 10.0. The van der Waals surface area contributed by atoms with Crippen LogP contribution in [0.25, 0.3) is 0 Å². The molecular formula is C14H21ClN2O. The van der Waals surface area contributed by atoms with E-state index in [1.165, 1.54) is 12.5 Å². The van der Waals surface area contributed by atoms with E-state index in [1.807, 2.05) is 24.3 Å². The number of hydrogen-bond acceptors (Lipinski definition) is 2. The minimum Gasteiger partial charge on any atom is -0.355 e. The quantitative estimate of drug-likeness (QED) is 0.747. The maximum absolute atomic E-state index is 10.8. The Morgan fingerprint density at radius 3 is 2.50 bits per heavy atom. The predicted molar refractivity (Wildman–Crippen MR) is 75.8 cm³/mol. The van der Waals surface area contributed by atoms with Gasteiger partial charge in [-0.3, -0.25) is 4.79 Å². The Hall–Kier alpha value is -1.06. The van der Waals surface area contributed by atoms with E-state index in [4.69, 9.17) is 11.6 Å². The molecule has 3 nitrogen and oxygen atoms in total. The van der Waals surface area contributed by atoms with Crippen LogP contribution in [0.5, 0.6) is 0 Å². The minimum absolute atomic E-state index is 0.00957. The van der Waals surface area contributed by atoms with Crippen molar-refractivity contribution in [2.75, 3.05) is 13.1 Å². The number of carbonyl (C=O) groups is 1. The number of hydrogen-bond donors (Lipinski definition) is 2. The van der Waals surface area contributed by atoms with Crippen molar-refractivity contribution in [1.82, 2.24) is 10.6 Å². The van der Waals surface area contributed by atoms with Crippen molar-refractivity contribution in [3.05, 3.63) is 34.9 Å². The highest BCUT2D eigenvalue weighted by atomic mass is 35.5. The van der Waals surface area contributed by atoms with E-state index in [1.54, 1.807) is 0 Å². The van der Waals surface area contributed by atoms with Crippen LogP contribution in [0.15, 0.2) is 24.3 Å². The predicted octanol–water partition coefficient (Wildman–Crippen LogP) is 2.91. The number of carbonyl (C=O) groups excluding carboxylic acids is 1. The summed E-state index contributed by atoms with van der Waals surface area (Å²) in [5, 5.41) is 6.99. The first kappa shape index (κ1) is 15.0. The van der Waals surface area contributed by atoms with Crippen molar-refractivity contribution >= 4 is 17.5 Å². The summed E-state index contributed by atoms with van der Waals surface area (Å²) in [4.78, 5) is 10.8. The topological polar surface area (TPSA) is 41.1 Å². The van der Waals surface area contributed by atoms with Crippen LogP contribution >= 0.6 is 11.6 Å². The Morgan fingerprint density at radius 1 is 1.28 bits per heavy atom. The van der Waals surface area contributed by atoms with Gasteiger partial charge < -0.3 is 10.6 Å². The summed E-state index contributed by atoms with van der Waals surface area (Å²) in [6.07, 6.45) is 2.18. The molecule has 0 aliphatic carbocycles. The molecule has 0 spiro atoms. The molecule has 0 aliphatic heterocycles. The van der Waals surface area contributed by atoms with Crippen LogP contribution in [0.1, 0.15) is 38.3 Å². The second-order valence-electron chi connectivity index (χ2n) is 4.33. The zero-order valence-corrected chi connectivity index (χ0v) is 11.8. The molecule has 1 aromatic carbocycles. The van der Waals surface area contributed by atoms with E-state index < -0.39 is 0 Å². The molecule has 0 aliphatic rings. The average molecular weight is 269 g/mol. The van der Waals surface area contributed by atoms with Crippen LogP contribution in [0.4, 0.5) is 0 Å². The molecule has 100 valence electrons. The van der Waals surface area contributed by atoms with Gasteiger partial charge in [0.2, 0.25) is 5.91 Å². The molecule has 0 radical (unpaired) electrons. The van der Waals surface area contributed by atoms with E-state index in [0.717, 1.165) is 24.4 Å². The summed E-state index contributed by atoms with van der Waals surface area (Å²) in [5.74, 6) is 0.00957. The molecule has 1 aromatic rings. The summed E-state index contributed by atoms with van der Waals surface area (Å²) in [6.45, 7) is 5.12. The monoisotopic (exact) mass is 268 g/mol. The molecular weight excluding hydrogens is 248 g/mol. The van der Waals surface area contributed by atoms with Crippen molar-refractivity contribution < 1.29 is 4.79 Å². The van der Waals surface area contributed by atoms with Gasteiger partial charge in [0, 0.05) is 31.1 Å². The van der Waals surface area contributed by atoms with Gasteiger partial charge in [-0.15, -0.1) is 0 Å². The van der Waals surface area contributed by atoms with Gasteiger partial charge in [0.25, 0.3) is 0 Å². The van der Waals surface area contributed by atoms with Crippen molar-refractivity contribution in [2.45, 2.75) is 32.7 Å². The van der Waals surface area contributed by atoms with Crippen LogP contribution < -0.4 is 10.6 Å². The Bertz CT molecular complexity index is 365. The summed E-state index contributed by atoms with van der Waals surface area (Å²) in [6, 6.07) is 8.24. The van der Waals surface area contributed by atoms with E-state index in [0.29, 0.717) is 12.6 Å². The van der Waals surface area contributed by atoms with Gasteiger partial charge in [0.05, 0.1) is 0 Å². The molecule has 0 saturated carbocycles. The second kappa shape index (κ2) is 8.11. The van der Waals surface area contributed by atoms with Gasteiger partial charge in [0.1, 0.15) is 0 Å². The van der Waals surface area contributed by atoms with Gasteiger partial charge in [-0.2, -0.15) is 0 Å². The van der Waals surface area contributed by atoms with Crippen LogP contribution in [-0.4, -0.2) is 19.0 Å². The van der Waals surface area contributed by atoms with Crippen molar-refractivity contribution in [2.24, 2.45) is 0 Å². The van der Waals surface area contributed by atoms with Crippen LogP contribution in [0.2, 0.25) is 5.02 Å². The number of benzene rings is 1. The fourth-order valence-corrected chi connectivity index (χ4v) is 1.98. The molecule has 1 amide bonds. The van der Waals surface area contributed by atoms with Crippen LogP contribution in [-0.2, 0) is 4.79 Å². The highest BCUT2D eigenvalue weighted by Crippen LogP contribution is 2.20. The summed E-state index contributed by atoms with van der Waals surface area (Å²) < 4.78 is 0. The summed E-state index contributed by atoms with van der Waals surface area (Å²) >= 11 is 5.89. The molecule has 2 N–H and O–H groups in total. The van der Waals surface area contributed by atoms with Crippen molar-refractivity contribution in [3.63, 3.8) is 0 Å². The van der Waals surface area contributed by atoms with E-state index in [9.17, 15) is 4.79 Å². The maximum atomic E-state index is 10.8. The highest BCUT2D eigenvalue weighted by Gasteiger charge is 2.09. The lowest BCUT2D eigenvalue weighted by Gasteiger charge is -2.18. The molecule has 1 rings (SSSR count). The third kappa shape index (κ3) is 5.52. The molecule has 1 atom stereocenters. The van der Waals surface area contributed by atoms with E-state index in [2.05, 4.69) is 17.6 Å². The molecule has 4 heteroatoms. The van der Waals surface area contributed by atoms with E-state index in [-0.39, 0.29) is 5.91 Å². The molecule has 0 fully saturated rings. The maximum Gasteiger partial charge on any atom is 0.216 e.